The van der Waals surface area contributed by atoms with Gasteiger partial charge in [0.15, 0.2) is 5.01 Å². The van der Waals surface area contributed by atoms with Crippen LogP contribution in [0.15, 0.2) is 23.0 Å². The van der Waals surface area contributed by atoms with Crippen LogP contribution in [0.4, 0.5) is 0 Å². The molecule has 80 valence electrons. The van der Waals surface area contributed by atoms with E-state index in [-0.39, 0.29) is 0 Å². The number of aromatic nitrogens is 2. The lowest BCUT2D eigenvalue weighted by atomic mass is 10.4. The van der Waals surface area contributed by atoms with E-state index in [2.05, 4.69) is 22.4 Å². The largest absolute Gasteiger partial charge is 0.472 e. The summed E-state index contributed by atoms with van der Waals surface area (Å²) in [6, 6.07) is 1.89. The summed E-state index contributed by atoms with van der Waals surface area (Å²) in [7, 11) is 0. The van der Waals surface area contributed by atoms with Crippen molar-refractivity contribution in [2.45, 2.75) is 19.9 Å². The lowest BCUT2D eigenvalue weighted by Crippen LogP contribution is -2.13. The quantitative estimate of drug-likeness (QED) is 0.790. The Bertz CT molecular complexity index is 396. The minimum Gasteiger partial charge on any atom is -0.472 e. The van der Waals surface area contributed by atoms with Gasteiger partial charge in [-0.05, 0) is 19.0 Å². The highest BCUT2D eigenvalue weighted by molar-refractivity contribution is 7.14. The van der Waals surface area contributed by atoms with Crippen LogP contribution >= 0.6 is 11.3 Å². The topological polar surface area (TPSA) is 51.0 Å². The van der Waals surface area contributed by atoms with Crippen LogP contribution in [0, 0.1) is 0 Å². The first-order chi connectivity index (χ1) is 7.40. The Morgan fingerprint density at radius 1 is 1.47 bits per heavy atom. The summed E-state index contributed by atoms with van der Waals surface area (Å²) in [6.07, 6.45) is 4.46. The second-order valence-corrected chi connectivity index (χ2v) is 4.25. The molecule has 0 aliphatic rings. The van der Waals surface area contributed by atoms with Crippen molar-refractivity contribution < 1.29 is 4.42 Å². The summed E-state index contributed by atoms with van der Waals surface area (Å²) in [5, 5.41) is 13.4. The molecule has 4 nitrogen and oxygen atoms in total. The van der Waals surface area contributed by atoms with Gasteiger partial charge in [0, 0.05) is 6.54 Å². The van der Waals surface area contributed by atoms with Crippen LogP contribution in [0.3, 0.4) is 0 Å². The highest BCUT2D eigenvalue weighted by atomic mass is 32.1. The van der Waals surface area contributed by atoms with Crippen LogP contribution in [0.2, 0.25) is 0 Å². The maximum atomic E-state index is 5.00. The number of nitrogens with one attached hydrogen (secondary N) is 1. The third kappa shape index (κ3) is 2.64. The molecule has 0 aliphatic heterocycles. The number of nitrogens with zero attached hydrogens (tertiary/aromatic N) is 2. The fraction of sp³-hybridized carbons (Fsp3) is 0.400. The van der Waals surface area contributed by atoms with Crippen LogP contribution < -0.4 is 5.32 Å². The van der Waals surface area contributed by atoms with Crippen LogP contribution in [0.25, 0.3) is 10.6 Å². The summed E-state index contributed by atoms with van der Waals surface area (Å²) in [6.45, 7) is 3.95. The monoisotopic (exact) mass is 223 g/mol. The van der Waals surface area contributed by atoms with Gasteiger partial charge in [0.1, 0.15) is 11.3 Å². The van der Waals surface area contributed by atoms with E-state index in [1.807, 2.05) is 6.07 Å². The van der Waals surface area contributed by atoms with Crippen molar-refractivity contribution in [3.05, 3.63) is 23.6 Å². The molecule has 0 aliphatic carbocycles. The van der Waals surface area contributed by atoms with Crippen molar-refractivity contribution in [2.24, 2.45) is 0 Å². The molecule has 2 aromatic heterocycles. The molecular weight excluding hydrogens is 210 g/mol. The highest BCUT2D eigenvalue weighted by Gasteiger charge is 2.06. The Balaban J connectivity index is 1.98. The van der Waals surface area contributed by atoms with Crippen molar-refractivity contribution in [1.29, 1.82) is 0 Å². The van der Waals surface area contributed by atoms with E-state index in [0.717, 1.165) is 35.1 Å². The molecule has 0 amide bonds. The van der Waals surface area contributed by atoms with Crippen molar-refractivity contribution in [3.63, 3.8) is 0 Å². The molecule has 2 rings (SSSR count). The zero-order chi connectivity index (χ0) is 10.5. The van der Waals surface area contributed by atoms with Gasteiger partial charge < -0.3 is 9.73 Å². The average Bonchev–Trinajstić information content (AvgIpc) is 2.87. The van der Waals surface area contributed by atoms with Crippen molar-refractivity contribution >= 4 is 11.3 Å². The van der Waals surface area contributed by atoms with E-state index < -0.39 is 0 Å². The first-order valence-electron chi connectivity index (χ1n) is 4.96. The van der Waals surface area contributed by atoms with Crippen molar-refractivity contribution in [2.75, 3.05) is 6.54 Å². The minimum absolute atomic E-state index is 0.795. The van der Waals surface area contributed by atoms with E-state index in [1.54, 1.807) is 23.9 Å². The Labute approximate surface area is 92.3 Å². The summed E-state index contributed by atoms with van der Waals surface area (Å²) in [5.74, 6) is 0. The Hall–Kier alpha value is -1.20. The van der Waals surface area contributed by atoms with Crippen molar-refractivity contribution in [1.82, 2.24) is 15.5 Å². The molecule has 5 heteroatoms. The van der Waals surface area contributed by atoms with E-state index in [1.165, 1.54) is 0 Å². The first kappa shape index (κ1) is 10.3. The molecule has 0 radical (unpaired) electrons. The first-order valence-corrected chi connectivity index (χ1v) is 5.77. The number of furan rings is 1. The number of hydrogen-bond donors (Lipinski definition) is 1. The predicted molar refractivity (Wildman–Crippen MR) is 59.6 cm³/mol. The van der Waals surface area contributed by atoms with Gasteiger partial charge in [-0.2, -0.15) is 0 Å². The molecular formula is C10H13N3OS. The van der Waals surface area contributed by atoms with Gasteiger partial charge in [-0.1, -0.05) is 18.3 Å². The van der Waals surface area contributed by atoms with Crippen LogP contribution in [-0.2, 0) is 6.54 Å². The standard InChI is InChI=1S/C10H13N3OS/c1-2-4-11-6-9-12-13-10(15-9)8-3-5-14-7-8/h3,5,7,11H,2,4,6H2,1H3. The van der Waals surface area contributed by atoms with Crippen LogP contribution in [0.1, 0.15) is 18.4 Å². The van der Waals surface area contributed by atoms with Gasteiger partial charge in [-0.15, -0.1) is 10.2 Å². The normalized spacial score (nSPS) is 10.7. The third-order valence-corrected chi connectivity index (χ3v) is 2.91. The lowest BCUT2D eigenvalue weighted by molar-refractivity contribution is 0.568. The van der Waals surface area contributed by atoms with Gasteiger partial charge in [-0.3, -0.25) is 0 Å². The second-order valence-electron chi connectivity index (χ2n) is 3.19. The summed E-state index contributed by atoms with van der Waals surface area (Å²) in [5.41, 5.74) is 0.995. The molecule has 0 atom stereocenters. The van der Waals surface area contributed by atoms with E-state index in [9.17, 15) is 0 Å². The molecule has 0 spiro atoms. The molecule has 0 aromatic carbocycles. The lowest BCUT2D eigenvalue weighted by Gasteiger charge is -1.96. The zero-order valence-corrected chi connectivity index (χ0v) is 9.38. The second kappa shape index (κ2) is 5.04. The van der Waals surface area contributed by atoms with Crippen molar-refractivity contribution in [3.8, 4) is 10.6 Å². The minimum atomic E-state index is 0.795. The zero-order valence-electron chi connectivity index (χ0n) is 8.56. The highest BCUT2D eigenvalue weighted by Crippen LogP contribution is 2.23. The average molecular weight is 223 g/mol. The van der Waals surface area contributed by atoms with Gasteiger partial charge in [0.25, 0.3) is 0 Å². The van der Waals surface area contributed by atoms with Crippen LogP contribution in [-0.4, -0.2) is 16.7 Å². The SMILES string of the molecule is CCCNCc1nnc(-c2ccoc2)s1. The summed E-state index contributed by atoms with van der Waals surface area (Å²) < 4.78 is 5.00. The van der Waals surface area contributed by atoms with E-state index >= 15 is 0 Å². The predicted octanol–water partition coefficient (Wildman–Crippen LogP) is 2.30. The molecule has 1 N–H and O–H groups in total. The fourth-order valence-corrected chi connectivity index (χ4v) is 1.99. The number of rotatable bonds is 5. The Morgan fingerprint density at radius 3 is 3.13 bits per heavy atom. The van der Waals surface area contributed by atoms with Gasteiger partial charge >= 0.3 is 0 Å². The van der Waals surface area contributed by atoms with Gasteiger partial charge in [0.2, 0.25) is 0 Å². The molecule has 15 heavy (non-hydrogen) atoms. The molecule has 0 fully saturated rings. The Kier molecular flexibility index (Phi) is 3.47. The molecule has 2 heterocycles. The fourth-order valence-electron chi connectivity index (χ4n) is 1.20. The van der Waals surface area contributed by atoms with Crippen LogP contribution in [0.5, 0.6) is 0 Å². The number of hydrogen-bond acceptors (Lipinski definition) is 5. The molecule has 2 aromatic rings. The van der Waals surface area contributed by atoms with E-state index in [0.29, 0.717) is 0 Å². The van der Waals surface area contributed by atoms with Gasteiger partial charge in [0.05, 0.1) is 11.8 Å². The maximum absolute atomic E-state index is 5.00. The Morgan fingerprint density at radius 2 is 2.40 bits per heavy atom. The third-order valence-electron chi connectivity index (χ3n) is 1.94. The maximum Gasteiger partial charge on any atom is 0.151 e. The molecule has 0 unspecified atom stereocenters. The molecule has 0 saturated carbocycles. The van der Waals surface area contributed by atoms with Gasteiger partial charge in [-0.25, -0.2) is 0 Å². The molecule has 0 bridgehead atoms. The smallest absolute Gasteiger partial charge is 0.151 e. The van der Waals surface area contributed by atoms with E-state index in [4.69, 9.17) is 4.42 Å². The molecule has 0 saturated heterocycles. The summed E-state index contributed by atoms with van der Waals surface area (Å²) in [4.78, 5) is 0. The summed E-state index contributed by atoms with van der Waals surface area (Å²) >= 11 is 1.60.